The van der Waals surface area contributed by atoms with Gasteiger partial charge < -0.3 is 20.1 Å². The van der Waals surface area contributed by atoms with E-state index in [9.17, 15) is 14.4 Å². The Morgan fingerprint density at radius 3 is 2.19 bits per heavy atom. The summed E-state index contributed by atoms with van der Waals surface area (Å²) in [5.74, 6) is -0.268. The molecular formula is C24H21ClN2O5. The van der Waals surface area contributed by atoms with Gasteiger partial charge in [0.15, 0.2) is 0 Å². The predicted molar refractivity (Wildman–Crippen MR) is 122 cm³/mol. The van der Waals surface area contributed by atoms with E-state index in [1.807, 2.05) is 0 Å². The Kier molecular flexibility index (Phi) is 7.83. The molecule has 0 aliphatic carbocycles. The lowest BCUT2D eigenvalue weighted by atomic mass is 10.1. The normalized spacial score (nSPS) is 10.2. The summed E-state index contributed by atoms with van der Waals surface area (Å²) >= 11 is 5.86. The number of hydrogen-bond donors (Lipinski definition) is 2. The first-order valence-corrected chi connectivity index (χ1v) is 10.2. The molecule has 3 rings (SSSR count). The van der Waals surface area contributed by atoms with Gasteiger partial charge in [-0.2, -0.15) is 0 Å². The first-order valence-electron chi connectivity index (χ1n) is 9.83. The maximum Gasteiger partial charge on any atom is 0.513 e. The number of amides is 2. The Morgan fingerprint density at radius 2 is 1.53 bits per heavy atom. The number of halogens is 1. The maximum absolute atomic E-state index is 12.5. The van der Waals surface area contributed by atoms with Crippen molar-refractivity contribution in [1.29, 1.82) is 0 Å². The van der Waals surface area contributed by atoms with Crippen molar-refractivity contribution >= 4 is 40.9 Å². The van der Waals surface area contributed by atoms with Crippen LogP contribution in [-0.2, 0) is 16.0 Å². The minimum absolute atomic E-state index is 0.187. The van der Waals surface area contributed by atoms with Crippen LogP contribution in [0.2, 0.25) is 5.02 Å². The molecule has 3 aromatic rings. The summed E-state index contributed by atoms with van der Waals surface area (Å²) in [4.78, 5) is 36.1. The smallest absolute Gasteiger partial charge is 0.434 e. The van der Waals surface area contributed by atoms with Crippen molar-refractivity contribution in [2.45, 2.75) is 13.3 Å². The highest BCUT2D eigenvalue weighted by Gasteiger charge is 2.10. The standard InChI is InChI=1S/C24H21ClN2O5/c1-2-31-24(30)32-21-12-8-17(9-13-21)23(29)27-20-5-3-4-19(15-20)26-22(28)14-16-6-10-18(25)11-7-16/h3-13,15H,2,14H2,1H3,(H,26,28)(H,27,29). The van der Waals surface area contributed by atoms with Crippen LogP contribution >= 0.6 is 11.6 Å². The van der Waals surface area contributed by atoms with E-state index < -0.39 is 6.16 Å². The van der Waals surface area contributed by atoms with Gasteiger partial charge in [-0.3, -0.25) is 9.59 Å². The fourth-order valence-corrected chi connectivity index (χ4v) is 2.91. The van der Waals surface area contributed by atoms with Gasteiger partial charge in [0.05, 0.1) is 13.0 Å². The number of anilines is 2. The minimum atomic E-state index is -0.806. The number of carbonyl (C=O) groups is 3. The van der Waals surface area contributed by atoms with Crippen molar-refractivity contribution in [3.8, 4) is 5.75 Å². The van der Waals surface area contributed by atoms with Gasteiger partial charge in [0, 0.05) is 22.0 Å². The van der Waals surface area contributed by atoms with Crippen LogP contribution < -0.4 is 15.4 Å². The highest BCUT2D eigenvalue weighted by Crippen LogP contribution is 2.18. The van der Waals surface area contributed by atoms with Gasteiger partial charge in [-0.15, -0.1) is 0 Å². The SMILES string of the molecule is CCOC(=O)Oc1ccc(C(=O)Nc2cccc(NC(=O)Cc3ccc(Cl)cc3)c2)cc1. The maximum atomic E-state index is 12.5. The lowest BCUT2D eigenvalue weighted by molar-refractivity contribution is -0.115. The van der Waals surface area contributed by atoms with Crippen LogP contribution in [-0.4, -0.2) is 24.6 Å². The van der Waals surface area contributed by atoms with E-state index in [1.54, 1.807) is 55.5 Å². The second-order valence-electron chi connectivity index (χ2n) is 6.70. The monoisotopic (exact) mass is 452 g/mol. The van der Waals surface area contributed by atoms with Crippen molar-refractivity contribution in [2.75, 3.05) is 17.2 Å². The highest BCUT2D eigenvalue weighted by atomic mass is 35.5. The molecule has 8 heteroatoms. The Bertz CT molecular complexity index is 1100. The third-order valence-corrected chi connectivity index (χ3v) is 4.51. The number of carbonyl (C=O) groups excluding carboxylic acids is 3. The molecule has 0 fully saturated rings. The number of ether oxygens (including phenoxy) is 2. The van der Waals surface area contributed by atoms with Crippen LogP contribution in [0.3, 0.4) is 0 Å². The van der Waals surface area contributed by atoms with Crippen LogP contribution in [0.15, 0.2) is 72.8 Å². The van der Waals surface area contributed by atoms with Crippen LogP contribution in [0.25, 0.3) is 0 Å². The van der Waals surface area contributed by atoms with Crippen molar-refractivity contribution in [3.63, 3.8) is 0 Å². The van der Waals surface area contributed by atoms with Crippen molar-refractivity contribution in [1.82, 2.24) is 0 Å². The molecule has 0 saturated carbocycles. The fraction of sp³-hybridized carbons (Fsp3) is 0.125. The minimum Gasteiger partial charge on any atom is -0.434 e. The first-order chi connectivity index (χ1) is 15.4. The summed E-state index contributed by atoms with van der Waals surface area (Å²) in [6.45, 7) is 1.88. The number of rotatable bonds is 7. The molecule has 0 radical (unpaired) electrons. The lowest BCUT2D eigenvalue weighted by Crippen LogP contribution is -2.15. The van der Waals surface area contributed by atoms with Gasteiger partial charge in [-0.25, -0.2) is 4.79 Å². The number of hydrogen-bond acceptors (Lipinski definition) is 5. The Labute approximate surface area is 190 Å². The Balaban J connectivity index is 1.57. The molecule has 164 valence electrons. The van der Waals surface area contributed by atoms with E-state index in [0.717, 1.165) is 5.56 Å². The zero-order valence-corrected chi connectivity index (χ0v) is 18.0. The molecular weight excluding hydrogens is 432 g/mol. The summed E-state index contributed by atoms with van der Waals surface area (Å²) in [5.41, 5.74) is 2.29. The molecule has 0 bridgehead atoms. The van der Waals surface area contributed by atoms with Gasteiger partial charge in [-0.05, 0) is 67.1 Å². The van der Waals surface area contributed by atoms with Crippen molar-refractivity contribution < 1.29 is 23.9 Å². The molecule has 32 heavy (non-hydrogen) atoms. The molecule has 3 aromatic carbocycles. The number of nitrogens with one attached hydrogen (secondary N) is 2. The van der Waals surface area contributed by atoms with Gasteiger partial charge in [0.25, 0.3) is 5.91 Å². The molecule has 0 atom stereocenters. The molecule has 0 aromatic heterocycles. The zero-order chi connectivity index (χ0) is 22.9. The topological polar surface area (TPSA) is 93.7 Å². The second-order valence-corrected chi connectivity index (χ2v) is 7.13. The molecule has 2 amide bonds. The molecule has 7 nitrogen and oxygen atoms in total. The van der Waals surface area contributed by atoms with E-state index in [1.165, 1.54) is 24.3 Å². The quantitative estimate of drug-likeness (QED) is 0.374. The summed E-state index contributed by atoms with van der Waals surface area (Å²) in [6.07, 6.45) is -0.604. The molecule has 0 saturated heterocycles. The molecule has 0 heterocycles. The van der Waals surface area contributed by atoms with Crippen LogP contribution in [0.5, 0.6) is 5.75 Å². The second kappa shape index (κ2) is 11.0. The summed E-state index contributed by atoms with van der Waals surface area (Å²) < 4.78 is 9.67. The molecule has 0 aliphatic rings. The molecule has 0 aliphatic heterocycles. The van der Waals surface area contributed by atoms with E-state index in [0.29, 0.717) is 22.0 Å². The third kappa shape index (κ3) is 6.85. The zero-order valence-electron chi connectivity index (χ0n) is 17.3. The van der Waals surface area contributed by atoms with Gasteiger partial charge in [-0.1, -0.05) is 29.8 Å². The highest BCUT2D eigenvalue weighted by molar-refractivity contribution is 6.30. The third-order valence-electron chi connectivity index (χ3n) is 4.26. The largest absolute Gasteiger partial charge is 0.513 e. The van der Waals surface area contributed by atoms with Gasteiger partial charge in [0.1, 0.15) is 5.75 Å². The van der Waals surface area contributed by atoms with Crippen LogP contribution in [0.4, 0.5) is 16.2 Å². The average Bonchev–Trinajstić information content (AvgIpc) is 2.76. The van der Waals surface area contributed by atoms with E-state index in [4.69, 9.17) is 21.1 Å². The van der Waals surface area contributed by atoms with Crippen molar-refractivity contribution in [2.24, 2.45) is 0 Å². The predicted octanol–water partition coefficient (Wildman–Crippen LogP) is 5.31. The molecule has 0 spiro atoms. The first kappa shape index (κ1) is 22.8. The van der Waals surface area contributed by atoms with E-state index >= 15 is 0 Å². The van der Waals surface area contributed by atoms with Crippen LogP contribution in [0, 0.1) is 0 Å². The molecule has 0 unspecified atom stereocenters. The Hall–Kier alpha value is -3.84. The van der Waals surface area contributed by atoms with E-state index in [2.05, 4.69) is 10.6 Å². The summed E-state index contributed by atoms with van der Waals surface area (Å²) in [6, 6.07) is 19.9. The van der Waals surface area contributed by atoms with Gasteiger partial charge >= 0.3 is 6.16 Å². The Morgan fingerprint density at radius 1 is 0.875 bits per heavy atom. The average molecular weight is 453 g/mol. The number of benzene rings is 3. The molecule has 2 N–H and O–H groups in total. The van der Waals surface area contributed by atoms with E-state index in [-0.39, 0.29) is 30.6 Å². The lowest BCUT2D eigenvalue weighted by Gasteiger charge is -2.10. The summed E-state index contributed by atoms with van der Waals surface area (Å²) in [5, 5.41) is 6.19. The van der Waals surface area contributed by atoms with Crippen LogP contribution in [0.1, 0.15) is 22.8 Å². The van der Waals surface area contributed by atoms with Crippen molar-refractivity contribution in [3.05, 3.63) is 88.9 Å². The van der Waals surface area contributed by atoms with Gasteiger partial charge in [0.2, 0.25) is 5.91 Å². The summed E-state index contributed by atoms with van der Waals surface area (Å²) in [7, 11) is 0. The fourth-order valence-electron chi connectivity index (χ4n) is 2.79.